The van der Waals surface area contributed by atoms with E-state index in [4.69, 9.17) is 4.74 Å². The molecule has 0 radical (unpaired) electrons. The molecule has 0 unspecified atom stereocenters. The quantitative estimate of drug-likeness (QED) is 0.692. The molecule has 0 amide bonds. The maximum absolute atomic E-state index is 14.1. The molecule has 0 aliphatic rings. The van der Waals surface area contributed by atoms with Crippen molar-refractivity contribution in [3.8, 4) is 5.75 Å². The maximum Gasteiger partial charge on any atom is 0.132 e. The Kier molecular flexibility index (Phi) is 5.34. The van der Waals surface area contributed by atoms with Gasteiger partial charge in [0.05, 0.1) is 5.52 Å². The third-order valence-corrected chi connectivity index (χ3v) is 4.28. The Morgan fingerprint density at radius 2 is 1.84 bits per heavy atom. The standard InChI is InChI=1S/C20H22F2N2O/c1-3-24-12-15(8-9-23-2)20-18(24)10-17(22)11-19(20)25-13-14-4-6-16(21)7-5-14/h4-7,10-12,23H,3,8-9,13H2,1-2H3. The van der Waals surface area contributed by atoms with Gasteiger partial charge in [-0.25, -0.2) is 8.78 Å². The van der Waals surface area contributed by atoms with Gasteiger partial charge in [-0.3, -0.25) is 0 Å². The van der Waals surface area contributed by atoms with Gasteiger partial charge >= 0.3 is 0 Å². The zero-order valence-electron chi connectivity index (χ0n) is 14.5. The highest BCUT2D eigenvalue weighted by Gasteiger charge is 2.15. The molecule has 0 fully saturated rings. The summed E-state index contributed by atoms with van der Waals surface area (Å²) in [6.07, 6.45) is 2.89. The number of hydrogen-bond acceptors (Lipinski definition) is 2. The molecule has 5 heteroatoms. The van der Waals surface area contributed by atoms with Crippen molar-refractivity contribution in [1.29, 1.82) is 0 Å². The normalized spacial score (nSPS) is 11.2. The molecular weight excluding hydrogens is 322 g/mol. The topological polar surface area (TPSA) is 26.2 Å². The largest absolute Gasteiger partial charge is 0.488 e. The highest BCUT2D eigenvalue weighted by molar-refractivity contribution is 5.90. The lowest BCUT2D eigenvalue weighted by atomic mass is 10.1. The Hall–Kier alpha value is -2.40. The number of ether oxygens (including phenoxy) is 1. The molecular formula is C20H22F2N2O. The van der Waals surface area contributed by atoms with Crippen LogP contribution in [0.5, 0.6) is 5.75 Å². The van der Waals surface area contributed by atoms with Crippen LogP contribution in [0.4, 0.5) is 8.78 Å². The zero-order chi connectivity index (χ0) is 17.8. The third-order valence-electron chi connectivity index (χ3n) is 4.28. The average Bonchev–Trinajstić information content (AvgIpc) is 2.96. The summed E-state index contributed by atoms with van der Waals surface area (Å²) in [5, 5.41) is 4.09. The van der Waals surface area contributed by atoms with Gasteiger partial charge in [0, 0.05) is 24.2 Å². The second-order valence-corrected chi connectivity index (χ2v) is 6.01. The first-order chi connectivity index (χ1) is 12.1. The van der Waals surface area contributed by atoms with Crippen LogP contribution < -0.4 is 10.1 Å². The van der Waals surface area contributed by atoms with Gasteiger partial charge in [-0.15, -0.1) is 0 Å². The van der Waals surface area contributed by atoms with E-state index in [-0.39, 0.29) is 18.2 Å². The second-order valence-electron chi connectivity index (χ2n) is 6.01. The average molecular weight is 344 g/mol. The highest BCUT2D eigenvalue weighted by atomic mass is 19.1. The number of aryl methyl sites for hydroxylation is 1. The summed E-state index contributed by atoms with van der Waals surface area (Å²) in [5.74, 6) is -0.0847. The van der Waals surface area contributed by atoms with E-state index in [1.54, 1.807) is 18.2 Å². The predicted octanol–water partition coefficient (Wildman–Crippen LogP) is 4.28. The minimum Gasteiger partial charge on any atom is -0.488 e. The first-order valence-corrected chi connectivity index (χ1v) is 8.45. The lowest BCUT2D eigenvalue weighted by Gasteiger charge is -2.10. The molecule has 0 aliphatic carbocycles. The van der Waals surface area contributed by atoms with Gasteiger partial charge in [0.2, 0.25) is 0 Å². The first-order valence-electron chi connectivity index (χ1n) is 8.45. The molecule has 1 heterocycles. The fourth-order valence-corrected chi connectivity index (χ4v) is 3.01. The van der Waals surface area contributed by atoms with Gasteiger partial charge in [-0.1, -0.05) is 12.1 Å². The van der Waals surface area contributed by atoms with Crippen molar-refractivity contribution in [3.05, 3.63) is 65.4 Å². The lowest BCUT2D eigenvalue weighted by molar-refractivity contribution is 0.308. The second kappa shape index (κ2) is 7.66. The number of hydrogen-bond donors (Lipinski definition) is 1. The molecule has 132 valence electrons. The Bertz CT molecular complexity index is 856. The van der Waals surface area contributed by atoms with Crippen LogP contribution in [0, 0.1) is 11.6 Å². The molecule has 3 aromatic rings. The minimum absolute atomic E-state index is 0.265. The highest BCUT2D eigenvalue weighted by Crippen LogP contribution is 2.33. The lowest BCUT2D eigenvalue weighted by Crippen LogP contribution is -2.10. The molecule has 1 N–H and O–H groups in total. The fraction of sp³-hybridized carbons (Fsp3) is 0.300. The van der Waals surface area contributed by atoms with Crippen molar-refractivity contribution in [3.63, 3.8) is 0 Å². The molecule has 3 rings (SSSR count). The molecule has 0 aliphatic heterocycles. The summed E-state index contributed by atoms with van der Waals surface area (Å²) < 4.78 is 35.1. The van der Waals surface area contributed by atoms with Gasteiger partial charge in [-0.2, -0.15) is 0 Å². The Labute approximate surface area is 146 Å². The SMILES string of the molecule is CCn1cc(CCNC)c2c(OCc3ccc(F)cc3)cc(F)cc21. The van der Waals surface area contributed by atoms with Gasteiger partial charge in [0.1, 0.15) is 24.0 Å². The van der Waals surface area contributed by atoms with Crippen molar-refractivity contribution in [2.24, 2.45) is 0 Å². The predicted molar refractivity (Wildman–Crippen MR) is 95.9 cm³/mol. The number of nitrogens with one attached hydrogen (secondary N) is 1. The number of fused-ring (bicyclic) bond motifs is 1. The molecule has 0 spiro atoms. The van der Waals surface area contributed by atoms with E-state index >= 15 is 0 Å². The van der Waals surface area contributed by atoms with E-state index < -0.39 is 0 Å². The molecule has 3 nitrogen and oxygen atoms in total. The van der Waals surface area contributed by atoms with Gasteiger partial charge < -0.3 is 14.6 Å². The van der Waals surface area contributed by atoms with Crippen LogP contribution in [-0.4, -0.2) is 18.2 Å². The molecule has 0 saturated carbocycles. The Balaban J connectivity index is 1.97. The summed E-state index contributed by atoms with van der Waals surface area (Å²) in [4.78, 5) is 0. The molecule has 1 aromatic heterocycles. The number of benzene rings is 2. The van der Waals surface area contributed by atoms with Gasteiger partial charge in [-0.05, 0) is 56.3 Å². The van der Waals surface area contributed by atoms with Gasteiger partial charge in [0.25, 0.3) is 0 Å². The van der Waals surface area contributed by atoms with Crippen molar-refractivity contribution in [2.75, 3.05) is 13.6 Å². The van der Waals surface area contributed by atoms with Crippen LogP contribution in [0.25, 0.3) is 10.9 Å². The summed E-state index contributed by atoms with van der Waals surface area (Å²) in [6, 6.07) is 9.11. The van der Waals surface area contributed by atoms with E-state index in [0.717, 1.165) is 41.5 Å². The Morgan fingerprint density at radius 1 is 1.08 bits per heavy atom. The molecule has 0 saturated heterocycles. The summed E-state index contributed by atoms with van der Waals surface area (Å²) in [6.45, 7) is 3.89. The van der Waals surface area contributed by atoms with Crippen LogP contribution in [0.3, 0.4) is 0 Å². The minimum atomic E-state index is -0.324. The van der Waals surface area contributed by atoms with Gasteiger partial charge in [0.15, 0.2) is 0 Å². The van der Waals surface area contributed by atoms with Crippen LogP contribution >= 0.6 is 0 Å². The summed E-state index contributed by atoms with van der Waals surface area (Å²) in [5.41, 5.74) is 2.80. The van der Waals surface area contributed by atoms with Crippen LogP contribution in [0.1, 0.15) is 18.1 Å². The van der Waals surface area contributed by atoms with E-state index in [2.05, 4.69) is 11.5 Å². The maximum atomic E-state index is 14.1. The van der Waals surface area contributed by atoms with Crippen LogP contribution in [0.15, 0.2) is 42.6 Å². The van der Waals surface area contributed by atoms with E-state index in [1.165, 1.54) is 18.2 Å². The smallest absolute Gasteiger partial charge is 0.132 e. The van der Waals surface area contributed by atoms with Crippen molar-refractivity contribution < 1.29 is 13.5 Å². The van der Waals surface area contributed by atoms with Crippen molar-refractivity contribution >= 4 is 10.9 Å². The number of halogens is 2. The summed E-state index contributed by atoms with van der Waals surface area (Å²) >= 11 is 0. The monoisotopic (exact) mass is 344 g/mol. The Morgan fingerprint density at radius 3 is 2.52 bits per heavy atom. The molecule has 2 aromatic carbocycles. The van der Waals surface area contributed by atoms with Crippen LogP contribution in [0.2, 0.25) is 0 Å². The number of aromatic nitrogens is 1. The van der Waals surface area contributed by atoms with Crippen molar-refractivity contribution in [2.45, 2.75) is 26.5 Å². The number of nitrogens with zero attached hydrogens (tertiary/aromatic N) is 1. The van der Waals surface area contributed by atoms with E-state index in [9.17, 15) is 8.78 Å². The van der Waals surface area contributed by atoms with E-state index in [0.29, 0.717) is 5.75 Å². The number of rotatable bonds is 7. The number of likely N-dealkylation sites (N-methyl/N-ethyl adjacent to an activating group) is 1. The fourth-order valence-electron chi connectivity index (χ4n) is 3.01. The first kappa shape index (κ1) is 17.4. The van der Waals surface area contributed by atoms with E-state index in [1.807, 2.05) is 18.5 Å². The third kappa shape index (κ3) is 3.82. The summed E-state index contributed by atoms with van der Waals surface area (Å²) in [7, 11) is 1.91. The molecule has 25 heavy (non-hydrogen) atoms. The molecule has 0 bridgehead atoms. The van der Waals surface area contributed by atoms with Crippen LogP contribution in [-0.2, 0) is 19.6 Å². The van der Waals surface area contributed by atoms with Crippen molar-refractivity contribution in [1.82, 2.24) is 9.88 Å². The zero-order valence-corrected chi connectivity index (χ0v) is 14.5. The molecule has 0 atom stereocenters.